The van der Waals surface area contributed by atoms with Crippen LogP contribution in [-0.2, 0) is 9.09 Å². The lowest BCUT2D eigenvalue weighted by atomic mass is 10.3. The molecule has 0 amide bonds. The van der Waals surface area contributed by atoms with E-state index in [-0.39, 0.29) is 6.10 Å². The predicted octanol–water partition coefficient (Wildman–Crippen LogP) is 2.24. The average molecular weight is 184 g/mol. The van der Waals surface area contributed by atoms with E-state index >= 15 is 0 Å². The van der Waals surface area contributed by atoms with Gasteiger partial charge in [0.15, 0.2) is 8.03 Å². The van der Waals surface area contributed by atoms with Crippen LogP contribution in [0.25, 0.3) is 0 Å². The van der Waals surface area contributed by atoms with Gasteiger partial charge in [0.1, 0.15) is 0 Å². The molecule has 0 heterocycles. The van der Waals surface area contributed by atoms with Gasteiger partial charge in [0.05, 0.1) is 6.10 Å². The molecule has 0 aliphatic rings. The zero-order valence-electron chi connectivity index (χ0n) is 6.95. The number of hydrogen-bond acceptors (Lipinski definition) is 2. The largest absolute Gasteiger partial charge is 0.322 e. The number of hydrogen-bond donors (Lipinski definition) is 0. The second-order valence-corrected chi connectivity index (χ2v) is 3.55. The summed E-state index contributed by atoms with van der Waals surface area (Å²) >= 11 is 0. The topological polar surface area (TPSA) is 26.3 Å². The Hall–Kier alpha value is -0.770. The second kappa shape index (κ2) is 6.91. The molecule has 0 aliphatic heterocycles. The van der Waals surface area contributed by atoms with Crippen LogP contribution in [-0.4, -0.2) is 12.3 Å². The van der Waals surface area contributed by atoms with Crippen molar-refractivity contribution in [3.63, 3.8) is 0 Å². The van der Waals surface area contributed by atoms with Gasteiger partial charge in [-0.05, 0) is 0 Å². The Kier molecular flexibility index (Phi) is 6.47. The maximum atomic E-state index is 11.1. The monoisotopic (exact) mass is 184 g/mol. The molecule has 0 aromatic carbocycles. The summed E-state index contributed by atoms with van der Waals surface area (Å²) < 4.78 is 16.2. The Labute approximate surface area is 74.2 Å². The smallest absolute Gasteiger partial charge is 0.195 e. The SMILES string of the molecule is C#CCC(C=C)O[PH](=O)CC=C. The highest BCUT2D eigenvalue weighted by molar-refractivity contribution is 7.39. The van der Waals surface area contributed by atoms with Crippen molar-refractivity contribution in [2.24, 2.45) is 0 Å². The minimum absolute atomic E-state index is 0.290. The Morgan fingerprint density at radius 3 is 2.75 bits per heavy atom. The molecule has 2 unspecified atom stereocenters. The molecule has 66 valence electrons. The van der Waals surface area contributed by atoms with E-state index in [1.54, 1.807) is 12.2 Å². The third kappa shape index (κ3) is 4.96. The fraction of sp³-hybridized carbons (Fsp3) is 0.333. The lowest BCUT2D eigenvalue weighted by molar-refractivity contribution is 0.270. The third-order valence-corrected chi connectivity index (χ3v) is 2.36. The van der Waals surface area contributed by atoms with Crippen LogP contribution in [0.3, 0.4) is 0 Å². The van der Waals surface area contributed by atoms with Crippen molar-refractivity contribution >= 4 is 8.03 Å². The van der Waals surface area contributed by atoms with E-state index in [0.29, 0.717) is 12.6 Å². The molecule has 0 aromatic rings. The Balaban J connectivity index is 3.86. The maximum absolute atomic E-state index is 11.1. The highest BCUT2D eigenvalue weighted by Gasteiger charge is 2.05. The van der Waals surface area contributed by atoms with Crippen molar-refractivity contribution < 1.29 is 9.09 Å². The summed E-state index contributed by atoms with van der Waals surface area (Å²) in [6, 6.07) is 0. The minimum atomic E-state index is -2.01. The van der Waals surface area contributed by atoms with Crippen LogP contribution in [0.5, 0.6) is 0 Å². The molecule has 0 fully saturated rings. The summed E-state index contributed by atoms with van der Waals surface area (Å²) in [7, 11) is -2.01. The summed E-state index contributed by atoms with van der Waals surface area (Å²) in [5, 5.41) is 0. The normalized spacial score (nSPS) is 14.2. The van der Waals surface area contributed by atoms with E-state index in [1.807, 2.05) is 0 Å². The van der Waals surface area contributed by atoms with Gasteiger partial charge < -0.3 is 4.52 Å². The molecule has 0 rings (SSSR count). The van der Waals surface area contributed by atoms with Gasteiger partial charge in [-0.2, -0.15) is 0 Å². The Morgan fingerprint density at radius 1 is 1.67 bits per heavy atom. The van der Waals surface area contributed by atoms with E-state index < -0.39 is 8.03 Å². The molecule has 0 aromatic heterocycles. The molecule has 3 heteroatoms. The molecule has 0 aliphatic carbocycles. The molecular formula is C9H13O2P. The minimum Gasteiger partial charge on any atom is -0.322 e. The number of rotatable bonds is 6. The Morgan fingerprint density at radius 2 is 2.33 bits per heavy atom. The van der Waals surface area contributed by atoms with Crippen molar-refractivity contribution in [3.8, 4) is 12.3 Å². The molecule has 0 saturated heterocycles. The lowest BCUT2D eigenvalue weighted by Gasteiger charge is -2.08. The first-order valence-electron chi connectivity index (χ1n) is 3.61. The quantitative estimate of drug-likeness (QED) is 0.359. The molecule has 0 N–H and O–H groups in total. The molecule has 0 spiro atoms. The van der Waals surface area contributed by atoms with E-state index in [1.165, 1.54) is 0 Å². The van der Waals surface area contributed by atoms with Gasteiger partial charge >= 0.3 is 0 Å². The van der Waals surface area contributed by atoms with Crippen LogP contribution in [0.15, 0.2) is 25.3 Å². The van der Waals surface area contributed by atoms with Gasteiger partial charge in [0, 0.05) is 12.6 Å². The summed E-state index contributed by atoms with van der Waals surface area (Å²) in [5.41, 5.74) is 0. The van der Waals surface area contributed by atoms with Crippen LogP contribution in [0, 0.1) is 12.3 Å². The van der Waals surface area contributed by atoms with E-state index in [0.717, 1.165) is 0 Å². The van der Waals surface area contributed by atoms with E-state index in [9.17, 15) is 4.57 Å². The van der Waals surface area contributed by atoms with Gasteiger partial charge in [0.2, 0.25) is 0 Å². The summed E-state index contributed by atoms with van der Waals surface area (Å²) in [6.45, 7) is 6.98. The number of terminal acetylenes is 1. The fourth-order valence-electron chi connectivity index (χ4n) is 0.624. The van der Waals surface area contributed by atoms with E-state index in [2.05, 4.69) is 19.1 Å². The van der Waals surface area contributed by atoms with Gasteiger partial charge in [0.25, 0.3) is 0 Å². The first-order chi connectivity index (χ1) is 5.74. The van der Waals surface area contributed by atoms with E-state index in [4.69, 9.17) is 10.9 Å². The summed E-state index contributed by atoms with van der Waals surface area (Å²) in [4.78, 5) is 0. The van der Waals surface area contributed by atoms with Crippen molar-refractivity contribution in [2.45, 2.75) is 12.5 Å². The van der Waals surface area contributed by atoms with Gasteiger partial charge in [-0.15, -0.1) is 25.5 Å². The fourth-order valence-corrected chi connectivity index (χ4v) is 1.47. The van der Waals surface area contributed by atoms with Crippen molar-refractivity contribution in [2.75, 3.05) is 6.16 Å². The Bertz CT molecular complexity index is 215. The molecule has 2 nitrogen and oxygen atoms in total. The van der Waals surface area contributed by atoms with Crippen molar-refractivity contribution in [3.05, 3.63) is 25.3 Å². The highest BCUT2D eigenvalue weighted by Crippen LogP contribution is 2.25. The zero-order valence-corrected chi connectivity index (χ0v) is 7.95. The number of allylic oxidation sites excluding steroid dienone is 1. The van der Waals surface area contributed by atoms with Gasteiger partial charge in [-0.3, -0.25) is 4.57 Å². The van der Waals surface area contributed by atoms with Gasteiger partial charge in [-0.25, -0.2) is 0 Å². The van der Waals surface area contributed by atoms with Gasteiger partial charge in [-0.1, -0.05) is 12.2 Å². The maximum Gasteiger partial charge on any atom is 0.195 e. The first kappa shape index (κ1) is 11.2. The van der Waals surface area contributed by atoms with Crippen molar-refractivity contribution in [1.29, 1.82) is 0 Å². The molecule has 0 saturated carbocycles. The van der Waals surface area contributed by atoms with Crippen molar-refractivity contribution in [1.82, 2.24) is 0 Å². The second-order valence-electron chi connectivity index (χ2n) is 2.17. The molecular weight excluding hydrogens is 171 g/mol. The molecule has 2 atom stereocenters. The van der Waals surface area contributed by atoms with Crippen LogP contribution < -0.4 is 0 Å². The lowest BCUT2D eigenvalue weighted by Crippen LogP contribution is -2.03. The summed E-state index contributed by atoms with van der Waals surface area (Å²) in [6.07, 6.45) is 8.71. The van der Waals surface area contributed by atoms with Crippen LogP contribution in [0.2, 0.25) is 0 Å². The molecule has 12 heavy (non-hydrogen) atoms. The zero-order chi connectivity index (χ0) is 9.40. The van der Waals surface area contributed by atoms with Crippen LogP contribution in [0.1, 0.15) is 6.42 Å². The molecule has 0 bridgehead atoms. The first-order valence-corrected chi connectivity index (χ1v) is 5.13. The average Bonchev–Trinajstić information content (AvgIpc) is 2.04. The predicted molar refractivity (Wildman–Crippen MR) is 52.6 cm³/mol. The standard InChI is InChI=1S/C9H13O2P/c1-4-7-9(6-3)11-12(10)8-5-2/h1,5-6,9,12H,2-3,7-8H2. The third-order valence-electron chi connectivity index (χ3n) is 1.18. The summed E-state index contributed by atoms with van der Waals surface area (Å²) in [5.74, 6) is 2.42. The highest BCUT2D eigenvalue weighted by atomic mass is 31.1. The van der Waals surface area contributed by atoms with Crippen LogP contribution >= 0.6 is 8.03 Å². The van der Waals surface area contributed by atoms with Crippen LogP contribution in [0.4, 0.5) is 0 Å². The molecule has 0 radical (unpaired) electrons.